The summed E-state index contributed by atoms with van der Waals surface area (Å²) in [4.78, 5) is 2.25. The molecule has 1 unspecified atom stereocenters. The van der Waals surface area contributed by atoms with Crippen molar-refractivity contribution in [2.24, 2.45) is 0 Å². The highest BCUT2D eigenvalue weighted by molar-refractivity contribution is 5.22. The lowest BCUT2D eigenvalue weighted by atomic mass is 9.97. The summed E-state index contributed by atoms with van der Waals surface area (Å²) >= 11 is 0. The third-order valence-electron chi connectivity index (χ3n) is 3.62. The lowest BCUT2D eigenvalue weighted by molar-refractivity contribution is -0.00549. The Morgan fingerprint density at radius 2 is 2.26 bits per heavy atom. The van der Waals surface area contributed by atoms with Gasteiger partial charge < -0.3 is 9.84 Å². The van der Waals surface area contributed by atoms with Crippen LogP contribution in [0.4, 0.5) is 4.39 Å². The highest BCUT2D eigenvalue weighted by atomic mass is 19.1. The molecule has 0 saturated carbocycles. The summed E-state index contributed by atoms with van der Waals surface area (Å²) in [6, 6.07) is 6.36. The number of hydrogen-bond donors (Lipinski definition) is 1. The maximum absolute atomic E-state index is 13.0. The van der Waals surface area contributed by atoms with Gasteiger partial charge in [0.25, 0.3) is 0 Å². The van der Waals surface area contributed by atoms with Crippen LogP contribution in [-0.2, 0) is 0 Å². The van der Waals surface area contributed by atoms with Gasteiger partial charge >= 0.3 is 0 Å². The molecule has 3 nitrogen and oxygen atoms in total. The van der Waals surface area contributed by atoms with E-state index in [1.807, 2.05) is 13.8 Å². The summed E-state index contributed by atoms with van der Waals surface area (Å²) in [5, 5.41) is 10.1. The Morgan fingerprint density at radius 1 is 1.47 bits per heavy atom. The molecule has 1 aliphatic rings. The average molecular weight is 267 g/mol. The van der Waals surface area contributed by atoms with E-state index in [2.05, 4.69) is 4.90 Å². The van der Waals surface area contributed by atoms with E-state index >= 15 is 0 Å². The molecule has 0 aromatic heterocycles. The second-order valence-corrected chi connectivity index (χ2v) is 5.65. The number of rotatable bonds is 5. The first-order chi connectivity index (χ1) is 8.97. The molecule has 1 aromatic rings. The van der Waals surface area contributed by atoms with Crippen molar-refractivity contribution in [1.29, 1.82) is 0 Å². The van der Waals surface area contributed by atoms with Gasteiger partial charge in [0.15, 0.2) is 0 Å². The first-order valence-corrected chi connectivity index (χ1v) is 6.81. The second kappa shape index (κ2) is 5.88. The minimum atomic E-state index is -0.685. The van der Waals surface area contributed by atoms with Crippen LogP contribution in [0.25, 0.3) is 0 Å². The van der Waals surface area contributed by atoms with Crippen LogP contribution in [0.1, 0.15) is 26.7 Å². The molecule has 0 aliphatic carbocycles. The molecule has 1 aliphatic heterocycles. The third kappa shape index (κ3) is 3.91. The molecule has 1 atom stereocenters. The van der Waals surface area contributed by atoms with Crippen molar-refractivity contribution in [3.8, 4) is 5.75 Å². The summed E-state index contributed by atoms with van der Waals surface area (Å²) in [5.74, 6) is 0.270. The standard InChI is InChI=1S/C15H22FNO2/c1-15(2,18)14-7-4-8-17(14)9-10-19-13-6-3-5-12(16)11-13/h3,5-6,11,14,18H,4,7-10H2,1-2H3. The van der Waals surface area contributed by atoms with Crippen molar-refractivity contribution in [2.75, 3.05) is 19.7 Å². The van der Waals surface area contributed by atoms with Crippen LogP contribution in [-0.4, -0.2) is 41.3 Å². The summed E-state index contributed by atoms with van der Waals surface area (Å²) < 4.78 is 18.5. The van der Waals surface area contributed by atoms with Crippen molar-refractivity contribution in [3.05, 3.63) is 30.1 Å². The van der Waals surface area contributed by atoms with Gasteiger partial charge in [0, 0.05) is 18.7 Å². The molecule has 0 spiro atoms. The molecule has 1 fully saturated rings. The number of ether oxygens (including phenoxy) is 1. The predicted octanol–water partition coefficient (Wildman–Crippen LogP) is 2.44. The summed E-state index contributed by atoms with van der Waals surface area (Å²) in [5.41, 5.74) is -0.685. The van der Waals surface area contributed by atoms with Crippen molar-refractivity contribution >= 4 is 0 Å². The molecule has 1 N–H and O–H groups in total. The smallest absolute Gasteiger partial charge is 0.126 e. The summed E-state index contributed by atoms with van der Waals surface area (Å²) in [6.07, 6.45) is 2.12. The van der Waals surface area contributed by atoms with Crippen molar-refractivity contribution in [2.45, 2.75) is 38.3 Å². The Bertz CT molecular complexity index is 417. The Morgan fingerprint density at radius 3 is 2.95 bits per heavy atom. The zero-order valence-electron chi connectivity index (χ0n) is 11.6. The Hall–Kier alpha value is -1.13. The minimum Gasteiger partial charge on any atom is -0.492 e. The SMILES string of the molecule is CC(C)(O)C1CCCN1CCOc1cccc(F)c1. The summed E-state index contributed by atoms with van der Waals surface area (Å²) in [6.45, 7) is 5.95. The van der Waals surface area contributed by atoms with Gasteiger partial charge in [-0.3, -0.25) is 4.90 Å². The molecule has 19 heavy (non-hydrogen) atoms. The maximum Gasteiger partial charge on any atom is 0.126 e. The van der Waals surface area contributed by atoms with Gasteiger partial charge in [-0.2, -0.15) is 0 Å². The lowest BCUT2D eigenvalue weighted by Gasteiger charge is -2.33. The molecule has 1 heterocycles. The predicted molar refractivity (Wildman–Crippen MR) is 72.8 cm³/mol. The lowest BCUT2D eigenvalue weighted by Crippen LogP contribution is -2.46. The van der Waals surface area contributed by atoms with Crippen LogP contribution in [0.5, 0.6) is 5.75 Å². The molecule has 0 radical (unpaired) electrons. The second-order valence-electron chi connectivity index (χ2n) is 5.65. The first kappa shape index (κ1) is 14.3. The molecule has 106 valence electrons. The van der Waals surface area contributed by atoms with Crippen molar-refractivity contribution in [3.63, 3.8) is 0 Å². The Labute approximate surface area is 114 Å². The van der Waals surface area contributed by atoms with Gasteiger partial charge in [-0.25, -0.2) is 4.39 Å². The number of hydrogen-bond acceptors (Lipinski definition) is 3. The van der Waals surface area contributed by atoms with Crippen LogP contribution in [0.3, 0.4) is 0 Å². The fourth-order valence-electron chi connectivity index (χ4n) is 2.73. The zero-order chi connectivity index (χ0) is 13.9. The van der Waals surface area contributed by atoms with E-state index in [0.29, 0.717) is 12.4 Å². The molecule has 1 saturated heterocycles. The van der Waals surface area contributed by atoms with E-state index in [4.69, 9.17) is 4.74 Å². The van der Waals surface area contributed by atoms with E-state index in [0.717, 1.165) is 25.9 Å². The molecule has 0 amide bonds. The van der Waals surface area contributed by atoms with Gasteiger partial charge in [0.2, 0.25) is 0 Å². The van der Waals surface area contributed by atoms with Crippen LogP contribution in [0, 0.1) is 5.82 Å². The van der Waals surface area contributed by atoms with Gasteiger partial charge in [0.05, 0.1) is 5.60 Å². The van der Waals surface area contributed by atoms with Crippen LogP contribution >= 0.6 is 0 Å². The quantitative estimate of drug-likeness (QED) is 0.889. The molecule has 1 aromatic carbocycles. The largest absolute Gasteiger partial charge is 0.492 e. The van der Waals surface area contributed by atoms with Gasteiger partial charge in [0.1, 0.15) is 18.2 Å². The Balaban J connectivity index is 1.82. The molecule has 0 bridgehead atoms. The van der Waals surface area contributed by atoms with Crippen LogP contribution in [0.15, 0.2) is 24.3 Å². The highest BCUT2D eigenvalue weighted by Crippen LogP contribution is 2.26. The highest BCUT2D eigenvalue weighted by Gasteiger charge is 2.35. The third-order valence-corrected chi connectivity index (χ3v) is 3.62. The van der Waals surface area contributed by atoms with Crippen molar-refractivity contribution < 1.29 is 14.2 Å². The van der Waals surface area contributed by atoms with E-state index < -0.39 is 5.60 Å². The number of benzene rings is 1. The van der Waals surface area contributed by atoms with Crippen molar-refractivity contribution in [1.82, 2.24) is 4.90 Å². The van der Waals surface area contributed by atoms with Crippen LogP contribution < -0.4 is 4.74 Å². The van der Waals surface area contributed by atoms with E-state index in [1.54, 1.807) is 12.1 Å². The fraction of sp³-hybridized carbons (Fsp3) is 0.600. The maximum atomic E-state index is 13.0. The first-order valence-electron chi connectivity index (χ1n) is 6.81. The van der Waals surface area contributed by atoms with Crippen LogP contribution in [0.2, 0.25) is 0 Å². The Kier molecular flexibility index (Phi) is 4.42. The topological polar surface area (TPSA) is 32.7 Å². The number of aliphatic hydroxyl groups is 1. The molecule has 4 heteroatoms. The summed E-state index contributed by atoms with van der Waals surface area (Å²) in [7, 11) is 0. The number of likely N-dealkylation sites (tertiary alicyclic amines) is 1. The molecular weight excluding hydrogens is 245 g/mol. The normalized spacial score (nSPS) is 20.7. The van der Waals surface area contributed by atoms with Gasteiger partial charge in [-0.1, -0.05) is 6.07 Å². The van der Waals surface area contributed by atoms with E-state index in [-0.39, 0.29) is 11.9 Å². The van der Waals surface area contributed by atoms with E-state index in [9.17, 15) is 9.50 Å². The minimum absolute atomic E-state index is 0.184. The molecule has 2 rings (SSSR count). The molecular formula is C15H22FNO2. The number of halogens is 1. The fourth-order valence-corrected chi connectivity index (χ4v) is 2.73. The van der Waals surface area contributed by atoms with E-state index in [1.165, 1.54) is 12.1 Å². The zero-order valence-corrected chi connectivity index (χ0v) is 11.6. The van der Waals surface area contributed by atoms with Gasteiger partial charge in [-0.05, 0) is 45.4 Å². The average Bonchev–Trinajstić information content (AvgIpc) is 2.77. The number of nitrogens with zero attached hydrogens (tertiary/aromatic N) is 1. The monoisotopic (exact) mass is 267 g/mol. The van der Waals surface area contributed by atoms with Gasteiger partial charge in [-0.15, -0.1) is 0 Å².